The zero-order chi connectivity index (χ0) is 22.7. The van der Waals surface area contributed by atoms with Gasteiger partial charge in [-0.05, 0) is 32.3 Å². The Kier molecular flexibility index (Phi) is 14.9. The van der Waals surface area contributed by atoms with E-state index in [4.69, 9.17) is 9.47 Å². The van der Waals surface area contributed by atoms with Gasteiger partial charge >= 0.3 is 11.9 Å². The third kappa shape index (κ3) is 13.5. The van der Waals surface area contributed by atoms with Crippen molar-refractivity contribution >= 4 is 11.9 Å². The molecule has 0 aliphatic rings. The molecule has 0 unspecified atom stereocenters. The molecule has 1 aromatic carbocycles. The Bertz CT molecular complexity index is 688. The standard InChI is InChI=1S/C27H40O4/c1-4-5-6-7-8-9-10-11-12-13-15-18-23(2)26(28)30-21-24(3)27(29)31-22-25-19-16-14-17-20-25/h14,16-21H,4-13,15,22H2,1-3H3/b23-18+,24-21+. The van der Waals surface area contributed by atoms with Gasteiger partial charge < -0.3 is 9.47 Å². The monoisotopic (exact) mass is 428 g/mol. The molecule has 0 aromatic heterocycles. The summed E-state index contributed by atoms with van der Waals surface area (Å²) in [5.41, 5.74) is 1.73. The first-order valence-electron chi connectivity index (χ1n) is 11.8. The first-order valence-corrected chi connectivity index (χ1v) is 11.8. The fourth-order valence-electron chi connectivity index (χ4n) is 3.15. The zero-order valence-electron chi connectivity index (χ0n) is 19.7. The summed E-state index contributed by atoms with van der Waals surface area (Å²) in [6, 6.07) is 9.45. The van der Waals surface area contributed by atoms with E-state index in [9.17, 15) is 9.59 Å². The van der Waals surface area contributed by atoms with E-state index < -0.39 is 11.9 Å². The van der Waals surface area contributed by atoms with Gasteiger partial charge in [0.2, 0.25) is 0 Å². The zero-order valence-corrected chi connectivity index (χ0v) is 19.7. The van der Waals surface area contributed by atoms with Crippen molar-refractivity contribution in [2.24, 2.45) is 0 Å². The average Bonchev–Trinajstić information content (AvgIpc) is 2.79. The maximum Gasteiger partial charge on any atom is 0.338 e. The van der Waals surface area contributed by atoms with Crippen LogP contribution in [0.4, 0.5) is 0 Å². The minimum Gasteiger partial charge on any atom is -0.457 e. The van der Waals surface area contributed by atoms with Crippen molar-refractivity contribution < 1.29 is 19.1 Å². The van der Waals surface area contributed by atoms with Crippen LogP contribution in [0.25, 0.3) is 0 Å². The van der Waals surface area contributed by atoms with E-state index in [1.165, 1.54) is 64.0 Å². The molecule has 0 bridgehead atoms. The average molecular weight is 429 g/mol. The number of esters is 2. The Morgan fingerprint density at radius 2 is 1.35 bits per heavy atom. The van der Waals surface area contributed by atoms with Crippen molar-refractivity contribution in [3.8, 4) is 0 Å². The molecule has 0 saturated carbocycles. The van der Waals surface area contributed by atoms with Crippen LogP contribution in [0.1, 0.15) is 97.0 Å². The second-order valence-corrected chi connectivity index (χ2v) is 8.13. The van der Waals surface area contributed by atoms with Gasteiger partial charge in [0.05, 0.1) is 5.57 Å². The molecule has 4 nitrogen and oxygen atoms in total. The van der Waals surface area contributed by atoms with Crippen LogP contribution in [0.3, 0.4) is 0 Å². The maximum absolute atomic E-state index is 12.1. The molecule has 0 atom stereocenters. The van der Waals surface area contributed by atoms with Crippen LogP contribution in [0.15, 0.2) is 53.8 Å². The lowest BCUT2D eigenvalue weighted by molar-refractivity contribution is -0.140. The number of rotatable bonds is 16. The summed E-state index contributed by atoms with van der Waals surface area (Å²) in [6.45, 7) is 5.76. The molecule has 0 N–H and O–H groups in total. The minimum atomic E-state index is -0.497. The molecule has 4 heteroatoms. The SMILES string of the molecule is CCCCCCCCCCCC/C=C(\C)C(=O)O/C=C(\C)C(=O)OCc1ccccc1. The molecule has 0 radical (unpaired) electrons. The van der Waals surface area contributed by atoms with Crippen LogP contribution >= 0.6 is 0 Å². The van der Waals surface area contributed by atoms with Crippen molar-refractivity contribution in [2.45, 2.75) is 98.0 Å². The van der Waals surface area contributed by atoms with Crippen LogP contribution in [-0.4, -0.2) is 11.9 Å². The topological polar surface area (TPSA) is 52.6 Å². The molecule has 172 valence electrons. The van der Waals surface area contributed by atoms with Gasteiger partial charge in [-0.15, -0.1) is 0 Å². The fraction of sp³-hybridized carbons (Fsp3) is 0.556. The molecule has 0 spiro atoms. The Labute approximate surface area is 188 Å². The highest BCUT2D eigenvalue weighted by Gasteiger charge is 2.09. The van der Waals surface area contributed by atoms with E-state index in [2.05, 4.69) is 6.92 Å². The summed E-state index contributed by atoms with van der Waals surface area (Å²) in [5.74, 6) is -0.925. The van der Waals surface area contributed by atoms with Gasteiger partial charge in [-0.3, -0.25) is 0 Å². The van der Waals surface area contributed by atoms with Crippen LogP contribution < -0.4 is 0 Å². The van der Waals surface area contributed by atoms with E-state index in [0.29, 0.717) is 5.57 Å². The molecule has 0 amide bonds. The van der Waals surface area contributed by atoms with Crippen molar-refractivity contribution in [1.82, 2.24) is 0 Å². The first kappa shape index (κ1) is 26.7. The van der Waals surface area contributed by atoms with E-state index in [-0.39, 0.29) is 12.2 Å². The maximum atomic E-state index is 12.1. The summed E-state index contributed by atoms with van der Waals surface area (Å²) in [4.78, 5) is 24.1. The Morgan fingerprint density at radius 3 is 1.97 bits per heavy atom. The van der Waals surface area contributed by atoms with Crippen LogP contribution in [0.2, 0.25) is 0 Å². The number of carbonyl (C=O) groups excluding carboxylic acids is 2. The lowest BCUT2D eigenvalue weighted by Gasteiger charge is -2.05. The number of allylic oxidation sites excluding steroid dienone is 1. The van der Waals surface area contributed by atoms with Crippen LogP contribution in [-0.2, 0) is 25.7 Å². The lowest BCUT2D eigenvalue weighted by Crippen LogP contribution is -2.08. The Hall–Kier alpha value is -2.36. The summed E-state index contributed by atoms with van der Waals surface area (Å²) < 4.78 is 10.3. The molecule has 0 aliphatic heterocycles. The van der Waals surface area contributed by atoms with Gasteiger partial charge in [0.1, 0.15) is 12.9 Å². The third-order valence-electron chi connectivity index (χ3n) is 5.21. The van der Waals surface area contributed by atoms with Gasteiger partial charge in [0.15, 0.2) is 0 Å². The molecule has 31 heavy (non-hydrogen) atoms. The molecule has 1 aromatic rings. The van der Waals surface area contributed by atoms with Gasteiger partial charge in [-0.2, -0.15) is 0 Å². The molecule has 0 heterocycles. The normalized spacial score (nSPS) is 12.0. The number of benzene rings is 1. The largest absolute Gasteiger partial charge is 0.457 e. The van der Waals surface area contributed by atoms with Crippen LogP contribution in [0, 0.1) is 0 Å². The van der Waals surface area contributed by atoms with Gasteiger partial charge in [-0.1, -0.05) is 101 Å². The van der Waals surface area contributed by atoms with E-state index in [1.807, 2.05) is 36.4 Å². The van der Waals surface area contributed by atoms with E-state index in [0.717, 1.165) is 18.4 Å². The quantitative estimate of drug-likeness (QED) is 0.119. The Morgan fingerprint density at radius 1 is 0.774 bits per heavy atom. The molecule has 0 saturated heterocycles. The Balaban J connectivity index is 2.16. The number of hydrogen-bond acceptors (Lipinski definition) is 4. The van der Waals surface area contributed by atoms with Crippen LogP contribution in [0.5, 0.6) is 0 Å². The van der Waals surface area contributed by atoms with Gasteiger partial charge in [0, 0.05) is 5.57 Å². The summed E-state index contributed by atoms with van der Waals surface area (Å²) in [5, 5.41) is 0. The smallest absolute Gasteiger partial charge is 0.338 e. The predicted molar refractivity (Wildman–Crippen MR) is 126 cm³/mol. The molecule has 1 rings (SSSR count). The highest BCUT2D eigenvalue weighted by molar-refractivity contribution is 5.90. The van der Waals surface area contributed by atoms with Crippen molar-refractivity contribution in [3.63, 3.8) is 0 Å². The fourth-order valence-corrected chi connectivity index (χ4v) is 3.15. The number of unbranched alkanes of at least 4 members (excludes halogenated alkanes) is 10. The van der Waals surface area contributed by atoms with Crippen molar-refractivity contribution in [3.05, 3.63) is 59.4 Å². The highest BCUT2D eigenvalue weighted by Crippen LogP contribution is 2.12. The lowest BCUT2D eigenvalue weighted by atomic mass is 10.1. The number of carbonyl (C=O) groups is 2. The van der Waals surface area contributed by atoms with E-state index >= 15 is 0 Å². The van der Waals surface area contributed by atoms with Gasteiger partial charge in [-0.25, -0.2) is 9.59 Å². The van der Waals surface area contributed by atoms with Crippen molar-refractivity contribution in [2.75, 3.05) is 0 Å². The third-order valence-corrected chi connectivity index (χ3v) is 5.21. The van der Waals surface area contributed by atoms with E-state index in [1.54, 1.807) is 13.8 Å². The summed E-state index contributed by atoms with van der Waals surface area (Å²) >= 11 is 0. The molecular formula is C27H40O4. The number of ether oxygens (including phenoxy) is 2. The second kappa shape index (κ2) is 17.3. The summed E-state index contributed by atoms with van der Waals surface area (Å²) in [7, 11) is 0. The number of hydrogen-bond donors (Lipinski definition) is 0. The first-order chi connectivity index (χ1) is 15.0. The molecule has 0 aliphatic carbocycles. The summed E-state index contributed by atoms with van der Waals surface area (Å²) in [6.07, 6.45) is 16.9. The molecular weight excluding hydrogens is 388 g/mol. The molecule has 0 fully saturated rings. The second-order valence-electron chi connectivity index (χ2n) is 8.13. The predicted octanol–water partition coefficient (Wildman–Crippen LogP) is 7.43. The highest BCUT2D eigenvalue weighted by atomic mass is 16.5. The van der Waals surface area contributed by atoms with Crippen molar-refractivity contribution in [1.29, 1.82) is 0 Å². The minimum absolute atomic E-state index is 0.191. The van der Waals surface area contributed by atoms with Gasteiger partial charge in [0.25, 0.3) is 0 Å².